The molecule has 0 saturated carbocycles. The Hall–Kier alpha value is -4.02. The van der Waals surface area contributed by atoms with Gasteiger partial charge < -0.3 is 9.47 Å². The molecule has 2 nitrogen and oxygen atoms in total. The summed E-state index contributed by atoms with van der Waals surface area (Å²) >= 11 is 0. The zero-order valence-corrected chi connectivity index (χ0v) is 22.3. The van der Waals surface area contributed by atoms with E-state index < -0.39 is 29.6 Å². The van der Waals surface area contributed by atoms with Crippen LogP contribution in [0.25, 0.3) is 22.3 Å². The van der Waals surface area contributed by atoms with E-state index in [9.17, 15) is 8.78 Å². The van der Waals surface area contributed by atoms with Gasteiger partial charge in [0, 0.05) is 29.7 Å². The lowest BCUT2D eigenvalue weighted by molar-refractivity contribution is -0.207. The summed E-state index contributed by atoms with van der Waals surface area (Å²) in [7, 11) is 0. The van der Waals surface area contributed by atoms with Crippen molar-refractivity contribution in [3.8, 4) is 57.8 Å². The van der Waals surface area contributed by atoms with Crippen LogP contribution in [0.5, 0.6) is 0 Å². The number of unbranched alkanes of at least 4 members (excludes halogenated alkanes) is 2. The third kappa shape index (κ3) is 6.75. The second-order valence-electron chi connectivity index (χ2n) is 9.43. The molecule has 0 aromatic heterocycles. The lowest BCUT2D eigenvalue weighted by Crippen LogP contribution is -2.27. The number of rotatable bonds is 7. The van der Waals surface area contributed by atoms with Crippen molar-refractivity contribution in [2.45, 2.75) is 45.8 Å². The van der Waals surface area contributed by atoms with Crippen LogP contribution in [0.15, 0.2) is 48.5 Å². The topological polar surface area (TPSA) is 18.5 Å². The Morgan fingerprint density at radius 2 is 1.32 bits per heavy atom. The molecule has 40 heavy (non-hydrogen) atoms. The monoisotopic (exact) mass is 554 g/mol. The Morgan fingerprint density at radius 3 is 1.95 bits per heavy atom. The molecule has 214 valence electrons. The summed E-state index contributed by atoms with van der Waals surface area (Å²) in [6.07, 6.45) is 3.37. The van der Waals surface area contributed by atoms with Crippen molar-refractivity contribution in [3.63, 3.8) is 0 Å². The van der Waals surface area contributed by atoms with Gasteiger partial charge in [-0.05, 0) is 66.2 Å². The molecule has 0 aliphatic carbocycles. The fourth-order valence-corrected chi connectivity index (χ4v) is 4.46. The number of hydrogen-bond donors (Lipinski definition) is 0. The van der Waals surface area contributed by atoms with Crippen LogP contribution in [-0.2, 0) is 9.47 Å². The highest BCUT2D eigenvalue weighted by Crippen LogP contribution is 2.35. The summed E-state index contributed by atoms with van der Waals surface area (Å²) in [6.45, 7) is 4.63. The first kappa shape index (κ1) is 29.0. The van der Waals surface area contributed by atoms with Gasteiger partial charge in [0.2, 0.25) is 0 Å². The van der Waals surface area contributed by atoms with Crippen molar-refractivity contribution >= 4 is 0 Å². The Bertz CT molecular complexity index is 1560. The van der Waals surface area contributed by atoms with Gasteiger partial charge in [0.05, 0.1) is 18.8 Å². The molecule has 1 heterocycles. The Kier molecular flexibility index (Phi) is 10.0. The van der Waals surface area contributed by atoms with Gasteiger partial charge in [-0.25, -0.2) is 17.6 Å². The maximum Gasteiger partial charge on any atom is 0.186 e. The molecule has 0 radical (unpaired) electrons. The maximum atomic E-state index is 15.1. The van der Waals surface area contributed by atoms with Gasteiger partial charge in [0.1, 0.15) is 0 Å². The average Bonchev–Trinajstić information content (AvgIpc) is 2.97. The van der Waals surface area contributed by atoms with Crippen molar-refractivity contribution in [1.29, 1.82) is 0 Å². The third-order valence-corrected chi connectivity index (χ3v) is 6.65. The highest BCUT2D eigenvalue weighted by molar-refractivity contribution is 5.72. The van der Waals surface area contributed by atoms with Gasteiger partial charge in [-0.2, -0.15) is 0 Å². The van der Waals surface area contributed by atoms with Crippen LogP contribution in [0.1, 0.15) is 64.1 Å². The quantitative estimate of drug-likeness (QED) is 0.165. The van der Waals surface area contributed by atoms with Crippen molar-refractivity contribution in [1.82, 2.24) is 0 Å². The van der Waals surface area contributed by atoms with Gasteiger partial charge in [0.25, 0.3) is 0 Å². The van der Waals surface area contributed by atoms with Crippen LogP contribution >= 0.6 is 0 Å². The zero-order chi connectivity index (χ0) is 28.5. The highest BCUT2D eigenvalue weighted by atomic mass is 19.2. The summed E-state index contributed by atoms with van der Waals surface area (Å²) in [6, 6.07) is 11.8. The van der Waals surface area contributed by atoms with Gasteiger partial charge in [-0.3, -0.25) is 0 Å². The fourth-order valence-electron chi connectivity index (χ4n) is 4.46. The van der Waals surface area contributed by atoms with Crippen LogP contribution in [0.4, 0.5) is 17.6 Å². The standard InChI is InChI=1S/C34H28F4O2.5H2/c1-3-5-7-8-10-12-26-17-18-27(31(36)30(26)35)24-13-15-25(16-14-24)28-19-20-29(33(38)32(28)37)34-39-21-23(22-40-34)11-9-6-4-2;;;;;/h13-20,23,34H,4,6,9,11,21-22H2,1-2H3;5*1H. The van der Waals surface area contributed by atoms with E-state index in [1.165, 1.54) is 48.5 Å². The zero-order valence-electron chi connectivity index (χ0n) is 22.3. The Balaban J connectivity index is 0. The van der Waals surface area contributed by atoms with Crippen LogP contribution in [0.2, 0.25) is 0 Å². The predicted molar refractivity (Wildman–Crippen MR) is 158 cm³/mol. The van der Waals surface area contributed by atoms with Crippen LogP contribution in [-0.4, -0.2) is 13.2 Å². The molecule has 4 rings (SSSR count). The summed E-state index contributed by atoms with van der Waals surface area (Å²) in [5.74, 6) is 10.9. The van der Waals surface area contributed by atoms with Gasteiger partial charge in [0.15, 0.2) is 29.6 Å². The van der Waals surface area contributed by atoms with E-state index in [4.69, 9.17) is 9.47 Å². The molecule has 0 atom stereocenters. The smallest absolute Gasteiger partial charge is 0.186 e. The molecule has 0 unspecified atom stereocenters. The van der Waals surface area contributed by atoms with E-state index in [0.717, 1.165) is 25.7 Å². The minimum atomic E-state index is -1.10. The molecule has 1 fully saturated rings. The third-order valence-electron chi connectivity index (χ3n) is 6.65. The molecular formula is C34H38F4O2. The number of ether oxygens (including phenoxy) is 2. The lowest BCUT2D eigenvalue weighted by atomic mass is 9.97. The molecule has 0 amide bonds. The molecule has 1 saturated heterocycles. The molecule has 3 aromatic carbocycles. The van der Waals surface area contributed by atoms with Crippen LogP contribution < -0.4 is 0 Å². The summed E-state index contributed by atoms with van der Waals surface area (Å²) in [4.78, 5) is 0. The minimum Gasteiger partial charge on any atom is -0.348 e. The predicted octanol–water partition coefficient (Wildman–Crippen LogP) is 9.43. The lowest BCUT2D eigenvalue weighted by Gasteiger charge is -2.30. The van der Waals surface area contributed by atoms with E-state index in [1.54, 1.807) is 6.92 Å². The molecule has 1 aliphatic heterocycles. The molecule has 0 bridgehead atoms. The van der Waals surface area contributed by atoms with E-state index in [0.29, 0.717) is 24.3 Å². The largest absolute Gasteiger partial charge is 0.348 e. The summed E-state index contributed by atoms with van der Waals surface area (Å²) in [5, 5.41) is 0. The van der Waals surface area contributed by atoms with E-state index >= 15 is 8.78 Å². The normalized spacial score (nSPS) is 16.1. The second kappa shape index (κ2) is 13.9. The number of benzene rings is 3. The minimum absolute atomic E-state index is 0. The highest BCUT2D eigenvalue weighted by Gasteiger charge is 2.28. The van der Waals surface area contributed by atoms with Gasteiger partial charge >= 0.3 is 0 Å². The molecule has 6 heteroatoms. The van der Waals surface area contributed by atoms with E-state index in [-0.39, 0.29) is 35.3 Å². The summed E-state index contributed by atoms with van der Waals surface area (Å²) in [5.41, 5.74) is 0.673. The number of halogens is 4. The van der Waals surface area contributed by atoms with Crippen molar-refractivity contribution in [2.24, 2.45) is 5.92 Å². The number of hydrogen-bond acceptors (Lipinski definition) is 2. The maximum absolute atomic E-state index is 15.1. The van der Waals surface area contributed by atoms with Crippen LogP contribution in [0.3, 0.4) is 0 Å². The molecule has 1 aliphatic rings. The van der Waals surface area contributed by atoms with Gasteiger partial charge in [-0.15, -0.1) is 0 Å². The first-order valence-electron chi connectivity index (χ1n) is 13.2. The Morgan fingerprint density at radius 1 is 0.725 bits per heavy atom. The molecular weight excluding hydrogens is 516 g/mol. The second-order valence-corrected chi connectivity index (χ2v) is 9.43. The van der Waals surface area contributed by atoms with Crippen molar-refractivity contribution in [2.75, 3.05) is 13.2 Å². The molecule has 0 spiro atoms. The van der Waals surface area contributed by atoms with Gasteiger partial charge in [-0.1, -0.05) is 68.5 Å². The summed E-state index contributed by atoms with van der Waals surface area (Å²) < 4.78 is 71.0. The van der Waals surface area contributed by atoms with E-state index in [1.807, 2.05) is 0 Å². The van der Waals surface area contributed by atoms with E-state index in [2.05, 4.69) is 42.4 Å². The van der Waals surface area contributed by atoms with Crippen LogP contribution in [0, 0.1) is 64.7 Å². The molecule has 0 N–H and O–H groups in total. The first-order valence-corrected chi connectivity index (χ1v) is 13.2. The van der Waals surface area contributed by atoms with Crippen molar-refractivity contribution < 1.29 is 34.2 Å². The van der Waals surface area contributed by atoms with Crippen molar-refractivity contribution in [3.05, 3.63) is 82.9 Å². The fraction of sp³-hybridized carbons (Fsp3) is 0.294. The first-order chi connectivity index (χ1) is 19.4. The Labute approximate surface area is 240 Å². The molecule has 3 aromatic rings. The SMILES string of the molecule is CC#CC#CC#Cc1ccc(-c2ccc(-c3ccc(C4OCC(CCCCC)CO4)c(F)c3F)cc2)c(F)c1F.[HH].[HH].[HH].[HH].[HH]. The average molecular weight is 555 g/mol.